The molecule has 1 fully saturated rings. The third kappa shape index (κ3) is 4.55. The minimum atomic E-state index is -0.706. The Morgan fingerprint density at radius 2 is 2.14 bits per heavy atom. The maximum atomic E-state index is 10.6. The minimum absolute atomic E-state index is 0.127. The fraction of sp³-hybridized carbons (Fsp3) is 0.588. The Labute approximate surface area is 126 Å². The monoisotopic (exact) mass is 291 g/mol. The molecule has 1 aromatic rings. The van der Waals surface area contributed by atoms with Gasteiger partial charge in [-0.1, -0.05) is 24.3 Å². The van der Waals surface area contributed by atoms with E-state index in [4.69, 9.17) is 9.84 Å². The molecule has 2 rings (SSSR count). The zero-order valence-corrected chi connectivity index (χ0v) is 12.9. The number of carbonyl (C=O) groups is 1. The van der Waals surface area contributed by atoms with Gasteiger partial charge in [-0.05, 0) is 44.4 Å². The molecule has 0 spiro atoms. The highest BCUT2D eigenvalue weighted by Gasteiger charge is 2.27. The van der Waals surface area contributed by atoms with Crippen molar-refractivity contribution in [1.82, 2.24) is 4.90 Å². The highest BCUT2D eigenvalue weighted by molar-refractivity contribution is 5.66. The van der Waals surface area contributed by atoms with Gasteiger partial charge in [-0.2, -0.15) is 0 Å². The summed E-state index contributed by atoms with van der Waals surface area (Å²) in [5, 5.41) is 8.69. The normalized spacial score (nSPS) is 23.1. The van der Waals surface area contributed by atoms with Crippen LogP contribution in [0.25, 0.3) is 0 Å². The first-order chi connectivity index (χ1) is 10.1. The molecule has 116 valence electrons. The number of unbranched alkanes of at least 4 members (excludes halogenated alkanes) is 1. The Kier molecular flexibility index (Phi) is 5.76. The van der Waals surface area contributed by atoms with Crippen molar-refractivity contribution in [3.63, 3.8) is 0 Å². The molecule has 1 aliphatic rings. The van der Waals surface area contributed by atoms with Gasteiger partial charge in [0, 0.05) is 19.0 Å². The van der Waals surface area contributed by atoms with Crippen molar-refractivity contribution in [1.29, 1.82) is 0 Å². The molecule has 4 heteroatoms. The summed E-state index contributed by atoms with van der Waals surface area (Å²) < 4.78 is 6.00. The molecule has 21 heavy (non-hydrogen) atoms. The van der Waals surface area contributed by atoms with Gasteiger partial charge in [-0.15, -0.1) is 0 Å². The van der Waals surface area contributed by atoms with E-state index in [1.54, 1.807) is 0 Å². The van der Waals surface area contributed by atoms with Crippen LogP contribution in [-0.2, 0) is 9.53 Å². The van der Waals surface area contributed by atoms with Gasteiger partial charge in [0.1, 0.15) is 0 Å². The number of benzene rings is 1. The van der Waals surface area contributed by atoms with Crippen LogP contribution in [-0.4, -0.2) is 41.7 Å². The van der Waals surface area contributed by atoms with Gasteiger partial charge in [0.25, 0.3) is 0 Å². The fourth-order valence-corrected chi connectivity index (χ4v) is 2.85. The van der Waals surface area contributed by atoms with E-state index in [1.807, 2.05) is 6.07 Å². The number of aryl methyl sites for hydroxylation is 1. The van der Waals surface area contributed by atoms with E-state index in [0.717, 1.165) is 32.5 Å². The third-order valence-electron chi connectivity index (χ3n) is 4.18. The highest BCUT2D eigenvalue weighted by Crippen LogP contribution is 2.27. The Morgan fingerprint density at radius 3 is 2.86 bits per heavy atom. The predicted molar refractivity (Wildman–Crippen MR) is 82.4 cm³/mol. The first kappa shape index (κ1) is 16.0. The molecule has 0 saturated carbocycles. The summed E-state index contributed by atoms with van der Waals surface area (Å²) in [6, 6.07) is 8.76. The van der Waals surface area contributed by atoms with E-state index in [-0.39, 0.29) is 12.5 Å². The molecular weight excluding hydrogens is 266 g/mol. The van der Waals surface area contributed by atoms with Crippen LogP contribution in [0.1, 0.15) is 43.4 Å². The number of carboxylic acid groups (broad SMARTS) is 1. The number of carboxylic acids is 1. The number of hydrogen-bond acceptors (Lipinski definition) is 3. The molecule has 0 aromatic heterocycles. The second-order valence-corrected chi connectivity index (χ2v) is 5.87. The zero-order chi connectivity index (χ0) is 15.2. The zero-order valence-electron chi connectivity index (χ0n) is 12.9. The van der Waals surface area contributed by atoms with Crippen LogP contribution in [0, 0.1) is 6.92 Å². The summed E-state index contributed by atoms with van der Waals surface area (Å²) in [5.74, 6) is -0.706. The van der Waals surface area contributed by atoms with Crippen molar-refractivity contribution in [2.24, 2.45) is 0 Å². The van der Waals surface area contributed by atoms with E-state index in [2.05, 4.69) is 36.9 Å². The quantitative estimate of drug-likeness (QED) is 0.819. The molecule has 1 aromatic carbocycles. The van der Waals surface area contributed by atoms with Gasteiger partial charge < -0.3 is 9.84 Å². The fourth-order valence-electron chi connectivity index (χ4n) is 2.85. The summed E-state index contributed by atoms with van der Waals surface area (Å²) >= 11 is 0. The standard InChI is InChI=1S/C17H25NO3/c1-13-7-3-4-8-15(13)16-11-18(14(2)12-21-16)10-6-5-9-17(19)20/h3-4,7-8,14,16H,5-6,9-12H2,1-2H3,(H,19,20). The van der Waals surface area contributed by atoms with Gasteiger partial charge in [-0.25, -0.2) is 0 Å². The lowest BCUT2D eigenvalue weighted by molar-refractivity contribution is -0.137. The molecule has 1 heterocycles. The molecule has 0 aliphatic carbocycles. The average Bonchev–Trinajstić information content (AvgIpc) is 2.46. The van der Waals surface area contributed by atoms with Crippen molar-refractivity contribution in [3.8, 4) is 0 Å². The van der Waals surface area contributed by atoms with Crippen LogP contribution < -0.4 is 0 Å². The molecular formula is C17H25NO3. The Hall–Kier alpha value is -1.39. The Morgan fingerprint density at radius 1 is 1.38 bits per heavy atom. The van der Waals surface area contributed by atoms with E-state index in [9.17, 15) is 4.79 Å². The highest BCUT2D eigenvalue weighted by atomic mass is 16.5. The van der Waals surface area contributed by atoms with E-state index >= 15 is 0 Å². The number of ether oxygens (including phenoxy) is 1. The summed E-state index contributed by atoms with van der Waals surface area (Å²) in [4.78, 5) is 13.0. The lowest BCUT2D eigenvalue weighted by atomic mass is 10.0. The van der Waals surface area contributed by atoms with Crippen LogP contribution in [0.2, 0.25) is 0 Å². The van der Waals surface area contributed by atoms with E-state index in [0.29, 0.717) is 6.04 Å². The largest absolute Gasteiger partial charge is 0.481 e. The van der Waals surface area contributed by atoms with Gasteiger partial charge in [0.15, 0.2) is 0 Å². The second-order valence-electron chi connectivity index (χ2n) is 5.87. The first-order valence-corrected chi connectivity index (χ1v) is 7.71. The van der Waals surface area contributed by atoms with Crippen LogP contribution in [0.3, 0.4) is 0 Å². The lowest BCUT2D eigenvalue weighted by Crippen LogP contribution is -2.45. The van der Waals surface area contributed by atoms with Crippen LogP contribution >= 0.6 is 0 Å². The van der Waals surface area contributed by atoms with Crippen molar-refractivity contribution in [3.05, 3.63) is 35.4 Å². The van der Waals surface area contributed by atoms with Gasteiger partial charge in [-0.3, -0.25) is 9.69 Å². The van der Waals surface area contributed by atoms with Crippen LogP contribution in [0.4, 0.5) is 0 Å². The lowest BCUT2D eigenvalue weighted by Gasteiger charge is -2.38. The average molecular weight is 291 g/mol. The summed E-state index contributed by atoms with van der Waals surface area (Å²) in [5.41, 5.74) is 2.53. The smallest absolute Gasteiger partial charge is 0.303 e. The van der Waals surface area contributed by atoms with E-state index < -0.39 is 5.97 Å². The molecule has 1 saturated heterocycles. The maximum absolute atomic E-state index is 10.6. The summed E-state index contributed by atoms with van der Waals surface area (Å²) in [7, 11) is 0. The second kappa shape index (κ2) is 7.57. The van der Waals surface area contributed by atoms with Crippen LogP contribution in [0.15, 0.2) is 24.3 Å². The number of nitrogens with zero attached hydrogens (tertiary/aromatic N) is 1. The van der Waals surface area contributed by atoms with Gasteiger partial charge in [0.05, 0.1) is 12.7 Å². The summed E-state index contributed by atoms with van der Waals surface area (Å²) in [6.45, 7) is 6.86. The molecule has 1 N–H and O–H groups in total. The number of rotatable bonds is 6. The third-order valence-corrected chi connectivity index (χ3v) is 4.18. The Bertz CT molecular complexity index is 475. The number of aliphatic carboxylic acids is 1. The molecule has 0 amide bonds. The van der Waals surface area contributed by atoms with Gasteiger partial charge >= 0.3 is 5.97 Å². The predicted octanol–water partition coefficient (Wildman–Crippen LogP) is 3.01. The van der Waals surface area contributed by atoms with Crippen molar-refractivity contribution < 1.29 is 14.6 Å². The SMILES string of the molecule is Cc1ccccc1C1CN(CCCCC(=O)O)C(C)CO1. The molecule has 2 unspecified atom stereocenters. The first-order valence-electron chi connectivity index (χ1n) is 7.71. The number of hydrogen-bond donors (Lipinski definition) is 1. The maximum Gasteiger partial charge on any atom is 0.303 e. The van der Waals surface area contributed by atoms with E-state index in [1.165, 1.54) is 11.1 Å². The summed E-state index contributed by atoms with van der Waals surface area (Å²) in [6.07, 6.45) is 2.06. The molecule has 1 aliphatic heterocycles. The molecule has 0 bridgehead atoms. The number of morpholine rings is 1. The van der Waals surface area contributed by atoms with Crippen molar-refractivity contribution >= 4 is 5.97 Å². The molecule has 0 radical (unpaired) electrons. The molecule has 2 atom stereocenters. The topological polar surface area (TPSA) is 49.8 Å². The Balaban J connectivity index is 1.90. The van der Waals surface area contributed by atoms with Crippen molar-refractivity contribution in [2.75, 3.05) is 19.7 Å². The van der Waals surface area contributed by atoms with Gasteiger partial charge in [0.2, 0.25) is 0 Å². The van der Waals surface area contributed by atoms with Crippen LogP contribution in [0.5, 0.6) is 0 Å². The molecule has 4 nitrogen and oxygen atoms in total. The minimum Gasteiger partial charge on any atom is -0.481 e. The van der Waals surface area contributed by atoms with Crippen molar-refractivity contribution in [2.45, 2.75) is 45.3 Å².